The zero-order chi connectivity index (χ0) is 13.0. The highest BCUT2D eigenvalue weighted by Gasteiger charge is 2.03. The van der Waals surface area contributed by atoms with Crippen LogP contribution in [0.5, 0.6) is 11.6 Å². The minimum absolute atomic E-state index is 0.535. The molecule has 4 heteroatoms. The summed E-state index contributed by atoms with van der Waals surface area (Å²) in [4.78, 5) is 8.58. The average Bonchev–Trinajstić information content (AvgIpc) is 2.39. The van der Waals surface area contributed by atoms with E-state index >= 15 is 0 Å². The first-order valence-corrected chi connectivity index (χ1v) is 6.02. The monoisotopic (exact) mass is 243 g/mol. The van der Waals surface area contributed by atoms with Gasteiger partial charge in [-0.3, -0.25) is 0 Å². The molecular weight excluding hydrogens is 226 g/mol. The fourth-order valence-corrected chi connectivity index (χ4v) is 1.65. The molecule has 2 N–H and O–H groups in total. The van der Waals surface area contributed by atoms with E-state index in [4.69, 9.17) is 10.5 Å². The first-order valence-electron chi connectivity index (χ1n) is 6.02. The molecule has 18 heavy (non-hydrogen) atoms. The smallest absolute Gasteiger partial charge is 0.222 e. The third-order valence-corrected chi connectivity index (χ3v) is 2.61. The molecule has 1 aromatic heterocycles. The molecule has 1 heterocycles. The zero-order valence-corrected chi connectivity index (χ0v) is 10.7. The second-order valence-electron chi connectivity index (χ2n) is 4.05. The maximum atomic E-state index is 5.71. The standard InChI is InChI=1S/C14H17N3O/c1-3-12-8-14(17-10(2)16-12)18-13-6-4-11(9-15)5-7-13/h4-8H,3,9,15H2,1-2H3. The Morgan fingerprint density at radius 2 is 1.89 bits per heavy atom. The molecule has 0 aliphatic carbocycles. The molecule has 0 atom stereocenters. The van der Waals surface area contributed by atoms with E-state index in [9.17, 15) is 0 Å². The number of rotatable bonds is 4. The maximum absolute atomic E-state index is 5.71. The summed E-state index contributed by atoms with van der Waals surface area (Å²) in [5.74, 6) is 2.06. The average molecular weight is 243 g/mol. The summed E-state index contributed by atoms with van der Waals surface area (Å²) in [6.07, 6.45) is 0.867. The SMILES string of the molecule is CCc1cc(Oc2ccc(CN)cc2)nc(C)n1. The van der Waals surface area contributed by atoms with Crippen LogP contribution in [0.4, 0.5) is 0 Å². The molecule has 0 amide bonds. The van der Waals surface area contributed by atoms with Crippen molar-refractivity contribution >= 4 is 0 Å². The molecule has 0 saturated heterocycles. The fourth-order valence-electron chi connectivity index (χ4n) is 1.65. The van der Waals surface area contributed by atoms with Gasteiger partial charge in [0.2, 0.25) is 5.88 Å². The number of aromatic nitrogens is 2. The van der Waals surface area contributed by atoms with E-state index in [1.54, 1.807) is 0 Å². The Morgan fingerprint density at radius 3 is 2.50 bits per heavy atom. The highest BCUT2D eigenvalue weighted by molar-refractivity contribution is 5.31. The van der Waals surface area contributed by atoms with Gasteiger partial charge in [-0.25, -0.2) is 4.98 Å². The fraction of sp³-hybridized carbons (Fsp3) is 0.286. The summed E-state index contributed by atoms with van der Waals surface area (Å²) >= 11 is 0. The van der Waals surface area contributed by atoms with Crippen LogP contribution in [0.3, 0.4) is 0 Å². The third kappa shape index (κ3) is 3.05. The topological polar surface area (TPSA) is 61.0 Å². The second kappa shape index (κ2) is 5.60. The van der Waals surface area contributed by atoms with Crippen LogP contribution in [-0.2, 0) is 13.0 Å². The van der Waals surface area contributed by atoms with Crippen molar-refractivity contribution < 1.29 is 4.74 Å². The number of nitrogens with zero attached hydrogens (tertiary/aromatic N) is 2. The molecule has 0 bridgehead atoms. The first kappa shape index (κ1) is 12.5. The summed E-state index contributed by atoms with van der Waals surface area (Å²) in [5, 5.41) is 0. The van der Waals surface area contributed by atoms with Gasteiger partial charge in [0.05, 0.1) is 0 Å². The lowest BCUT2D eigenvalue weighted by Crippen LogP contribution is -1.98. The molecular formula is C14H17N3O. The Hall–Kier alpha value is -1.94. The Balaban J connectivity index is 2.19. The van der Waals surface area contributed by atoms with Crippen molar-refractivity contribution in [2.75, 3.05) is 0 Å². The number of nitrogens with two attached hydrogens (primary N) is 1. The number of aryl methyl sites for hydroxylation is 2. The van der Waals surface area contributed by atoms with E-state index in [-0.39, 0.29) is 0 Å². The Kier molecular flexibility index (Phi) is 3.89. The van der Waals surface area contributed by atoms with E-state index in [1.165, 1.54) is 0 Å². The minimum Gasteiger partial charge on any atom is -0.439 e. The van der Waals surface area contributed by atoms with Crippen LogP contribution in [0.25, 0.3) is 0 Å². The lowest BCUT2D eigenvalue weighted by molar-refractivity contribution is 0.458. The summed E-state index contributed by atoms with van der Waals surface area (Å²) in [5.41, 5.74) is 7.61. The molecule has 0 saturated carbocycles. The van der Waals surface area contributed by atoms with E-state index in [2.05, 4.69) is 16.9 Å². The van der Waals surface area contributed by atoms with Crippen LogP contribution in [0.2, 0.25) is 0 Å². The molecule has 2 aromatic rings. The summed E-state index contributed by atoms with van der Waals surface area (Å²) in [6, 6.07) is 9.55. The van der Waals surface area contributed by atoms with Crippen molar-refractivity contribution in [3.05, 3.63) is 47.4 Å². The van der Waals surface area contributed by atoms with Gasteiger partial charge < -0.3 is 10.5 Å². The lowest BCUT2D eigenvalue weighted by atomic mass is 10.2. The van der Waals surface area contributed by atoms with Crippen LogP contribution in [-0.4, -0.2) is 9.97 Å². The van der Waals surface area contributed by atoms with Gasteiger partial charge in [-0.1, -0.05) is 19.1 Å². The highest BCUT2D eigenvalue weighted by Crippen LogP contribution is 2.20. The summed E-state index contributed by atoms with van der Waals surface area (Å²) in [6.45, 7) is 4.46. The predicted octanol–water partition coefficient (Wildman–Crippen LogP) is 2.60. The van der Waals surface area contributed by atoms with Crippen molar-refractivity contribution in [1.82, 2.24) is 9.97 Å². The van der Waals surface area contributed by atoms with Crippen LogP contribution in [0.15, 0.2) is 30.3 Å². The largest absolute Gasteiger partial charge is 0.439 e. The summed E-state index contributed by atoms with van der Waals surface area (Å²) in [7, 11) is 0. The molecule has 0 radical (unpaired) electrons. The molecule has 1 aromatic carbocycles. The molecule has 0 aliphatic heterocycles. The maximum Gasteiger partial charge on any atom is 0.222 e. The van der Waals surface area contributed by atoms with Crippen molar-refractivity contribution in [2.45, 2.75) is 26.8 Å². The zero-order valence-electron chi connectivity index (χ0n) is 10.7. The molecule has 2 rings (SSSR count). The number of ether oxygens (including phenoxy) is 1. The molecule has 0 aliphatic rings. The van der Waals surface area contributed by atoms with Gasteiger partial charge in [-0.2, -0.15) is 4.98 Å². The van der Waals surface area contributed by atoms with E-state index in [0.717, 1.165) is 29.3 Å². The number of hydrogen-bond acceptors (Lipinski definition) is 4. The van der Waals surface area contributed by atoms with Crippen LogP contribution in [0.1, 0.15) is 24.0 Å². The molecule has 0 fully saturated rings. The van der Waals surface area contributed by atoms with Crippen LogP contribution < -0.4 is 10.5 Å². The highest BCUT2D eigenvalue weighted by atomic mass is 16.5. The van der Waals surface area contributed by atoms with Crippen molar-refractivity contribution in [3.8, 4) is 11.6 Å². The summed E-state index contributed by atoms with van der Waals surface area (Å²) < 4.78 is 5.71. The van der Waals surface area contributed by atoms with Gasteiger partial charge >= 0.3 is 0 Å². The minimum atomic E-state index is 0.535. The Labute approximate surface area is 107 Å². The van der Waals surface area contributed by atoms with Crippen molar-refractivity contribution in [3.63, 3.8) is 0 Å². The predicted molar refractivity (Wildman–Crippen MR) is 70.6 cm³/mol. The van der Waals surface area contributed by atoms with E-state index in [0.29, 0.717) is 12.4 Å². The van der Waals surface area contributed by atoms with Gasteiger partial charge in [0.1, 0.15) is 11.6 Å². The number of hydrogen-bond donors (Lipinski definition) is 1. The first-order chi connectivity index (χ1) is 8.71. The number of benzene rings is 1. The Bertz CT molecular complexity index is 523. The lowest BCUT2D eigenvalue weighted by Gasteiger charge is -2.07. The van der Waals surface area contributed by atoms with Gasteiger partial charge in [0.15, 0.2) is 0 Å². The van der Waals surface area contributed by atoms with Crippen LogP contribution >= 0.6 is 0 Å². The van der Waals surface area contributed by atoms with E-state index in [1.807, 2.05) is 37.3 Å². The molecule has 0 unspecified atom stereocenters. The quantitative estimate of drug-likeness (QED) is 0.896. The second-order valence-corrected chi connectivity index (χ2v) is 4.05. The normalized spacial score (nSPS) is 10.4. The third-order valence-electron chi connectivity index (χ3n) is 2.61. The van der Waals surface area contributed by atoms with Gasteiger partial charge in [-0.15, -0.1) is 0 Å². The van der Waals surface area contributed by atoms with Crippen molar-refractivity contribution in [2.24, 2.45) is 5.73 Å². The molecule has 4 nitrogen and oxygen atoms in total. The molecule has 0 spiro atoms. The van der Waals surface area contributed by atoms with E-state index < -0.39 is 0 Å². The van der Waals surface area contributed by atoms with Gasteiger partial charge in [0, 0.05) is 18.3 Å². The Morgan fingerprint density at radius 1 is 1.17 bits per heavy atom. The van der Waals surface area contributed by atoms with Crippen LogP contribution in [0, 0.1) is 6.92 Å². The van der Waals surface area contributed by atoms with Gasteiger partial charge in [-0.05, 0) is 31.0 Å². The van der Waals surface area contributed by atoms with Gasteiger partial charge in [0.25, 0.3) is 0 Å². The molecule has 94 valence electrons. The van der Waals surface area contributed by atoms with Crippen molar-refractivity contribution in [1.29, 1.82) is 0 Å².